The lowest BCUT2D eigenvalue weighted by molar-refractivity contribution is 1.30. The molecule has 0 fully saturated rings. The average molecular weight is 711 g/mol. The fourth-order valence-corrected chi connectivity index (χ4v) is 10.3. The van der Waals surface area contributed by atoms with Crippen molar-refractivity contribution in [1.29, 1.82) is 0 Å². The first-order chi connectivity index (χ1) is 26.3. The lowest BCUT2D eigenvalue weighted by Gasteiger charge is -2.28. The maximum absolute atomic E-state index is 5.39. The van der Waals surface area contributed by atoms with Crippen LogP contribution in [-0.2, 0) is 0 Å². The van der Waals surface area contributed by atoms with Gasteiger partial charge in [-0.2, -0.15) is 0 Å². The molecule has 10 aromatic rings. The van der Waals surface area contributed by atoms with E-state index in [1.54, 1.807) is 11.3 Å². The van der Waals surface area contributed by atoms with Crippen molar-refractivity contribution in [3.63, 3.8) is 0 Å². The molecule has 0 radical (unpaired) electrons. The first-order valence-corrected chi connectivity index (χ1v) is 19.5. The molecule has 0 N–H and O–H groups in total. The molecule has 0 atom stereocenters. The van der Waals surface area contributed by atoms with E-state index in [-0.39, 0.29) is 0 Å². The predicted molar refractivity (Wildman–Crippen MR) is 228 cm³/mol. The quantitative estimate of drug-likeness (QED) is 0.171. The van der Waals surface area contributed by atoms with Crippen LogP contribution in [0.25, 0.3) is 85.5 Å². The zero-order chi connectivity index (χ0) is 34.9. The van der Waals surface area contributed by atoms with Crippen LogP contribution in [0.4, 0.5) is 17.1 Å². The minimum atomic E-state index is 1.05. The van der Waals surface area contributed by atoms with E-state index in [9.17, 15) is 0 Å². The summed E-state index contributed by atoms with van der Waals surface area (Å²) in [6.45, 7) is 0. The highest BCUT2D eigenvalue weighted by molar-refractivity contribution is 7.25. The van der Waals surface area contributed by atoms with Crippen LogP contribution in [0.15, 0.2) is 182 Å². The van der Waals surface area contributed by atoms with Crippen LogP contribution in [0.5, 0.6) is 0 Å². The van der Waals surface area contributed by atoms with Crippen molar-refractivity contribution in [2.75, 3.05) is 4.90 Å². The van der Waals surface area contributed by atoms with Gasteiger partial charge in [-0.25, -0.2) is 4.98 Å². The molecule has 0 spiro atoms. The number of anilines is 3. The van der Waals surface area contributed by atoms with E-state index in [0.717, 1.165) is 27.8 Å². The van der Waals surface area contributed by atoms with E-state index in [2.05, 4.69) is 187 Å². The van der Waals surface area contributed by atoms with Gasteiger partial charge in [0.25, 0.3) is 0 Å². The van der Waals surface area contributed by atoms with Crippen molar-refractivity contribution in [1.82, 2.24) is 4.98 Å². The summed E-state index contributed by atoms with van der Waals surface area (Å²) in [6.07, 6.45) is 0. The monoisotopic (exact) mass is 710 g/mol. The van der Waals surface area contributed by atoms with Gasteiger partial charge in [-0.3, -0.25) is 0 Å². The zero-order valence-electron chi connectivity index (χ0n) is 28.5. The number of rotatable bonds is 6. The third-order valence-corrected chi connectivity index (χ3v) is 12.7. The maximum Gasteiger partial charge on any atom is 0.125 e. The molecule has 0 amide bonds. The van der Waals surface area contributed by atoms with Gasteiger partial charge in [0.05, 0.1) is 16.3 Å². The van der Waals surface area contributed by atoms with Gasteiger partial charge in [0, 0.05) is 59.0 Å². The molecule has 11 rings (SSSR count). The Morgan fingerprint density at radius 3 is 1.92 bits per heavy atom. The Labute approximate surface area is 315 Å². The highest BCUT2D eigenvalue weighted by Gasteiger charge is 2.29. The topological polar surface area (TPSA) is 16.1 Å². The van der Waals surface area contributed by atoms with Crippen LogP contribution in [0.1, 0.15) is 0 Å². The third-order valence-electron chi connectivity index (χ3n) is 10.5. The highest BCUT2D eigenvalue weighted by atomic mass is 32.1. The second-order valence-corrected chi connectivity index (χ2v) is 15.6. The summed E-state index contributed by atoms with van der Waals surface area (Å²) < 4.78 is 2.61. The summed E-state index contributed by atoms with van der Waals surface area (Å²) in [6, 6.07) is 65.9. The number of hydrogen-bond donors (Lipinski definition) is 0. The number of hydrogen-bond acceptors (Lipinski definition) is 4. The fourth-order valence-electron chi connectivity index (χ4n) is 8.05. The first kappa shape index (κ1) is 30.3. The molecule has 248 valence electrons. The van der Waals surface area contributed by atoms with Crippen molar-refractivity contribution < 1.29 is 0 Å². The van der Waals surface area contributed by atoms with Crippen LogP contribution >= 0.6 is 22.7 Å². The van der Waals surface area contributed by atoms with Crippen LogP contribution in [-0.4, -0.2) is 4.98 Å². The molecule has 2 aromatic heterocycles. The minimum Gasteiger partial charge on any atom is -0.310 e. The summed E-state index contributed by atoms with van der Waals surface area (Å²) in [5, 5.41) is 6.13. The van der Waals surface area contributed by atoms with Crippen LogP contribution in [0.2, 0.25) is 0 Å². The van der Waals surface area contributed by atoms with E-state index in [1.165, 1.54) is 74.8 Å². The van der Waals surface area contributed by atoms with Gasteiger partial charge in [0.15, 0.2) is 0 Å². The predicted octanol–water partition coefficient (Wildman–Crippen LogP) is 14.8. The molecule has 53 heavy (non-hydrogen) atoms. The molecule has 0 saturated carbocycles. The summed E-state index contributed by atoms with van der Waals surface area (Å²) in [5.74, 6) is 0. The molecule has 2 nitrogen and oxygen atoms in total. The summed E-state index contributed by atoms with van der Waals surface area (Å²) in [4.78, 5) is 9.07. The zero-order valence-corrected chi connectivity index (χ0v) is 30.2. The standard InChI is InChI=1S/C49H30N2S2/c1-3-13-31(14-4-1)33-17-11-18-34(29-33)51(35-25-28-45-42(30-35)37-20-9-10-24-44(37)52-45)43-27-26-41-46-39(43)22-12-23-40(46)47-48(41)53-49(50-47)38-21-8-7-19-36(38)32-15-5-2-6-16-32/h1-30H. The number of aromatic nitrogens is 1. The molecule has 2 heterocycles. The maximum atomic E-state index is 5.39. The molecular formula is C49H30N2S2. The third kappa shape index (κ3) is 4.87. The second-order valence-electron chi connectivity index (χ2n) is 13.5. The molecule has 4 heteroatoms. The van der Waals surface area contributed by atoms with Crippen molar-refractivity contribution in [2.24, 2.45) is 0 Å². The number of thiazole rings is 1. The molecule has 1 aliphatic rings. The Morgan fingerprint density at radius 2 is 1.06 bits per heavy atom. The lowest BCUT2D eigenvalue weighted by atomic mass is 9.99. The van der Waals surface area contributed by atoms with Crippen molar-refractivity contribution in [2.45, 2.75) is 0 Å². The Bertz CT molecular complexity index is 2980. The van der Waals surface area contributed by atoms with Crippen LogP contribution < -0.4 is 4.90 Å². The van der Waals surface area contributed by atoms with Crippen molar-refractivity contribution >= 4 is 70.7 Å². The summed E-state index contributed by atoms with van der Waals surface area (Å²) in [5.41, 5.74) is 12.9. The van der Waals surface area contributed by atoms with Gasteiger partial charge in [-0.1, -0.05) is 140 Å². The summed E-state index contributed by atoms with van der Waals surface area (Å²) in [7, 11) is 0. The van der Waals surface area contributed by atoms with Gasteiger partial charge in [0.1, 0.15) is 5.01 Å². The number of benzene rings is 8. The van der Waals surface area contributed by atoms with Gasteiger partial charge in [-0.05, 0) is 64.7 Å². The van der Waals surface area contributed by atoms with E-state index >= 15 is 0 Å². The molecule has 0 bridgehead atoms. The Balaban J connectivity index is 1.10. The molecule has 1 aliphatic carbocycles. The van der Waals surface area contributed by atoms with E-state index in [4.69, 9.17) is 4.98 Å². The van der Waals surface area contributed by atoms with E-state index < -0.39 is 0 Å². The molecule has 8 aromatic carbocycles. The number of thiophene rings is 1. The van der Waals surface area contributed by atoms with Gasteiger partial charge >= 0.3 is 0 Å². The lowest BCUT2D eigenvalue weighted by Crippen LogP contribution is -2.10. The normalized spacial score (nSPS) is 11.8. The SMILES string of the molecule is c1ccc(-c2cccc(N(c3ccc4sc5ccccc5c4c3)c3ccc4c5c(cccc35)-c3nc(-c5ccccc5-c5ccccc5)sc3-4)c2)cc1. The minimum absolute atomic E-state index is 1.05. The van der Waals surface area contributed by atoms with Crippen molar-refractivity contribution in [3.05, 3.63) is 182 Å². The summed E-state index contributed by atoms with van der Waals surface area (Å²) >= 11 is 3.66. The Kier molecular flexibility index (Phi) is 6.94. The Morgan fingerprint density at radius 1 is 0.396 bits per heavy atom. The van der Waals surface area contributed by atoms with Gasteiger partial charge < -0.3 is 4.90 Å². The van der Waals surface area contributed by atoms with E-state index in [0.29, 0.717) is 0 Å². The molecule has 0 unspecified atom stereocenters. The fraction of sp³-hybridized carbons (Fsp3) is 0. The number of fused-ring (bicyclic) bond motifs is 6. The largest absolute Gasteiger partial charge is 0.310 e. The first-order valence-electron chi connectivity index (χ1n) is 17.9. The molecule has 0 saturated heterocycles. The Hall–Kier alpha value is -6.33. The van der Waals surface area contributed by atoms with E-state index in [1.807, 2.05) is 11.3 Å². The molecule has 0 aliphatic heterocycles. The second kappa shape index (κ2) is 12.1. The smallest absolute Gasteiger partial charge is 0.125 e. The number of nitrogens with zero attached hydrogens (tertiary/aromatic N) is 2. The highest BCUT2D eigenvalue weighted by Crippen LogP contribution is 2.54. The van der Waals surface area contributed by atoms with Crippen LogP contribution in [0, 0.1) is 0 Å². The van der Waals surface area contributed by atoms with Crippen molar-refractivity contribution in [3.8, 4) is 54.5 Å². The average Bonchev–Trinajstić information content (AvgIpc) is 3.92. The van der Waals surface area contributed by atoms with Gasteiger partial charge in [-0.15, -0.1) is 22.7 Å². The molecular weight excluding hydrogens is 681 g/mol. The van der Waals surface area contributed by atoms with Gasteiger partial charge in [0.2, 0.25) is 0 Å². The van der Waals surface area contributed by atoms with Crippen LogP contribution in [0.3, 0.4) is 0 Å².